The summed E-state index contributed by atoms with van der Waals surface area (Å²) in [5.74, 6) is 7.57. The van der Waals surface area contributed by atoms with E-state index in [9.17, 15) is 9.59 Å². The summed E-state index contributed by atoms with van der Waals surface area (Å²) >= 11 is 4.18. The standard InChI is InChI=1S/C15H12N2O3S.C9H10N4O2S.C8H8N2OS/c1-19-11-8-5-9-12-13(11)16-14(21-12)17-15(18)20-10-6-3-2-4-7-10;1-15-5-3-2-4-6-7(5)11-9(16-6)12-8(14)13-10;1-11-5-3-2-4-6-7(5)10-8(9)12-6/h2-9H,1H3,(H,16,17,18);2-4H,10H2,1H3,(H2,11,12,13,14);2-4H,1H3,(H2,9,10). The molecule has 0 aliphatic rings. The number of hydrogen-bond donors (Lipinski definition) is 5. The number of nitrogens with one attached hydrogen (secondary N) is 3. The molecule has 7 aromatic rings. The molecular weight excluding hydrogens is 689 g/mol. The second-order valence-electron chi connectivity index (χ2n) is 9.44. The zero-order chi connectivity index (χ0) is 34.8. The summed E-state index contributed by atoms with van der Waals surface area (Å²) in [6, 6.07) is 25.4. The number of carbonyl (C=O) groups is 2. The van der Waals surface area contributed by atoms with Crippen molar-refractivity contribution < 1.29 is 28.5 Å². The molecule has 3 amide bonds. The van der Waals surface area contributed by atoms with E-state index < -0.39 is 12.1 Å². The number of nitrogens with zero attached hydrogens (tertiary/aromatic N) is 3. The number of urea groups is 1. The fraction of sp³-hybridized carbons (Fsp3) is 0.0938. The van der Waals surface area contributed by atoms with E-state index in [-0.39, 0.29) is 0 Å². The first kappa shape index (κ1) is 34.6. The smallest absolute Gasteiger partial charge is 0.418 e. The average molecular weight is 719 g/mol. The zero-order valence-corrected chi connectivity index (χ0v) is 28.7. The van der Waals surface area contributed by atoms with Crippen molar-refractivity contribution in [3.63, 3.8) is 0 Å². The van der Waals surface area contributed by atoms with Crippen LogP contribution in [-0.2, 0) is 0 Å². The molecule has 17 heteroatoms. The van der Waals surface area contributed by atoms with Gasteiger partial charge in [0.15, 0.2) is 15.4 Å². The van der Waals surface area contributed by atoms with Crippen molar-refractivity contribution in [3.8, 4) is 23.0 Å². The first-order chi connectivity index (χ1) is 23.8. The number of nitrogen functional groups attached to an aromatic ring is 1. The molecule has 0 spiro atoms. The van der Waals surface area contributed by atoms with Crippen LogP contribution in [0.15, 0.2) is 84.9 Å². The van der Waals surface area contributed by atoms with Crippen LogP contribution in [0.5, 0.6) is 23.0 Å². The van der Waals surface area contributed by atoms with Gasteiger partial charge in [-0.05, 0) is 48.5 Å². The van der Waals surface area contributed by atoms with Crippen LogP contribution in [0.2, 0.25) is 0 Å². The molecule has 0 aliphatic carbocycles. The van der Waals surface area contributed by atoms with Crippen molar-refractivity contribution in [3.05, 3.63) is 84.9 Å². The maximum atomic E-state index is 11.8. The number of rotatable bonds is 6. The Balaban J connectivity index is 0.000000149. The topological polar surface area (TPSA) is 198 Å². The molecular formula is C32H30N8O6S3. The molecule has 7 N–H and O–H groups in total. The van der Waals surface area contributed by atoms with Gasteiger partial charge in [0.05, 0.1) is 35.4 Å². The molecule has 0 saturated carbocycles. The van der Waals surface area contributed by atoms with Crippen molar-refractivity contribution >= 4 is 92.2 Å². The third-order valence-corrected chi connectivity index (χ3v) is 9.06. The zero-order valence-electron chi connectivity index (χ0n) is 26.3. The summed E-state index contributed by atoms with van der Waals surface area (Å²) in [7, 11) is 4.79. The van der Waals surface area contributed by atoms with Gasteiger partial charge in [0.25, 0.3) is 0 Å². The first-order valence-electron chi connectivity index (χ1n) is 14.2. The lowest BCUT2D eigenvalue weighted by atomic mass is 10.3. The van der Waals surface area contributed by atoms with Gasteiger partial charge in [-0.25, -0.2) is 30.4 Å². The number of hydrogen-bond acceptors (Lipinski definition) is 14. The van der Waals surface area contributed by atoms with Crippen LogP contribution in [0, 0.1) is 0 Å². The number of nitrogens with two attached hydrogens (primary N) is 2. The number of anilines is 3. The number of para-hydroxylation sites is 4. The number of methoxy groups -OCH3 is 3. The van der Waals surface area contributed by atoms with Gasteiger partial charge in [0, 0.05) is 0 Å². The summed E-state index contributed by atoms with van der Waals surface area (Å²) in [5.41, 5.74) is 9.83. The van der Waals surface area contributed by atoms with E-state index in [1.807, 2.05) is 66.1 Å². The highest BCUT2D eigenvalue weighted by Gasteiger charge is 2.13. The molecule has 0 bridgehead atoms. The van der Waals surface area contributed by atoms with Crippen molar-refractivity contribution in [1.82, 2.24) is 20.4 Å². The van der Waals surface area contributed by atoms with Gasteiger partial charge in [-0.15, -0.1) is 0 Å². The third kappa shape index (κ3) is 8.79. The quantitative estimate of drug-likeness (QED) is 0.0668. The van der Waals surface area contributed by atoms with Crippen molar-refractivity contribution in [2.45, 2.75) is 0 Å². The van der Waals surface area contributed by atoms with Crippen LogP contribution >= 0.6 is 34.0 Å². The number of benzene rings is 4. The number of aromatic nitrogens is 3. The predicted molar refractivity (Wildman–Crippen MR) is 195 cm³/mol. The normalized spacial score (nSPS) is 10.3. The maximum absolute atomic E-state index is 11.8. The second kappa shape index (κ2) is 16.4. The second-order valence-corrected chi connectivity index (χ2v) is 12.6. The predicted octanol–water partition coefficient (Wildman–Crippen LogP) is 7.10. The van der Waals surface area contributed by atoms with E-state index in [0.29, 0.717) is 32.6 Å². The van der Waals surface area contributed by atoms with Crippen LogP contribution in [-0.4, -0.2) is 48.4 Å². The van der Waals surface area contributed by atoms with Gasteiger partial charge in [-0.1, -0.05) is 70.4 Å². The van der Waals surface area contributed by atoms with E-state index in [0.717, 1.165) is 36.4 Å². The number of carbonyl (C=O) groups excluding carboxylic acids is 2. The van der Waals surface area contributed by atoms with Crippen LogP contribution in [0.1, 0.15) is 0 Å². The van der Waals surface area contributed by atoms with Crippen LogP contribution in [0.4, 0.5) is 25.0 Å². The molecule has 14 nitrogen and oxygen atoms in total. The van der Waals surface area contributed by atoms with Crippen LogP contribution < -0.4 is 46.6 Å². The highest BCUT2D eigenvalue weighted by atomic mass is 32.1. The molecule has 0 aliphatic heterocycles. The number of hydrazine groups is 1. The number of ether oxygens (including phenoxy) is 4. The van der Waals surface area contributed by atoms with Gasteiger partial charge >= 0.3 is 12.1 Å². The molecule has 49 heavy (non-hydrogen) atoms. The van der Waals surface area contributed by atoms with Gasteiger partial charge in [0.2, 0.25) is 0 Å². The Morgan fingerprint density at radius 2 is 1.08 bits per heavy atom. The Kier molecular flexibility index (Phi) is 11.6. The molecule has 252 valence electrons. The number of amides is 3. The van der Waals surface area contributed by atoms with E-state index in [1.54, 1.807) is 45.6 Å². The minimum atomic E-state index is -0.570. The van der Waals surface area contributed by atoms with Crippen molar-refractivity contribution in [2.75, 3.05) is 37.7 Å². The molecule has 0 atom stereocenters. The summed E-state index contributed by atoms with van der Waals surface area (Å²) < 4.78 is 23.6. The summed E-state index contributed by atoms with van der Waals surface area (Å²) in [6.07, 6.45) is -0.570. The summed E-state index contributed by atoms with van der Waals surface area (Å²) in [4.78, 5) is 35.6. The molecule has 3 heterocycles. The molecule has 0 saturated heterocycles. The highest BCUT2D eigenvalue weighted by Crippen LogP contribution is 2.33. The lowest BCUT2D eigenvalue weighted by molar-refractivity contribution is 0.215. The first-order valence-corrected chi connectivity index (χ1v) is 16.6. The Morgan fingerprint density at radius 3 is 1.57 bits per heavy atom. The SMILES string of the molecule is COc1cccc2sc(N)nc12.COc1cccc2sc(NC(=O)NN)nc12.COc1cccc2sc(NC(=O)Oc3ccccc3)nc12. The Hall–Kier alpha value is -5.75. The average Bonchev–Trinajstić information content (AvgIpc) is 3.84. The Labute approximate surface area is 291 Å². The molecule has 0 unspecified atom stereocenters. The minimum Gasteiger partial charge on any atom is -0.494 e. The number of fused-ring (bicyclic) bond motifs is 3. The Morgan fingerprint density at radius 1 is 0.612 bits per heavy atom. The minimum absolute atomic E-state index is 0.468. The van der Waals surface area contributed by atoms with Gasteiger partial charge in [0.1, 0.15) is 39.5 Å². The van der Waals surface area contributed by atoms with E-state index in [2.05, 4.69) is 25.6 Å². The van der Waals surface area contributed by atoms with Gasteiger partial charge in [-0.3, -0.25) is 16.1 Å². The largest absolute Gasteiger partial charge is 0.494 e. The fourth-order valence-electron chi connectivity index (χ4n) is 4.23. The lowest BCUT2D eigenvalue weighted by Gasteiger charge is -2.03. The van der Waals surface area contributed by atoms with E-state index in [4.69, 9.17) is 30.5 Å². The van der Waals surface area contributed by atoms with Crippen molar-refractivity contribution in [1.29, 1.82) is 0 Å². The molecule has 0 fully saturated rings. The highest BCUT2D eigenvalue weighted by molar-refractivity contribution is 7.23. The van der Waals surface area contributed by atoms with Gasteiger partial charge < -0.3 is 24.7 Å². The van der Waals surface area contributed by atoms with Gasteiger partial charge in [-0.2, -0.15) is 0 Å². The fourth-order valence-corrected chi connectivity index (χ4v) is 6.73. The number of thiazole rings is 3. The molecule has 7 rings (SSSR count). The molecule has 0 radical (unpaired) electrons. The molecule has 4 aromatic carbocycles. The monoisotopic (exact) mass is 718 g/mol. The van der Waals surface area contributed by atoms with Crippen molar-refractivity contribution in [2.24, 2.45) is 5.84 Å². The maximum Gasteiger partial charge on any atom is 0.418 e. The Bertz CT molecular complexity index is 2190. The van der Waals surface area contributed by atoms with E-state index in [1.165, 1.54) is 34.0 Å². The van der Waals surface area contributed by atoms with Crippen LogP contribution in [0.25, 0.3) is 30.6 Å². The van der Waals surface area contributed by atoms with Crippen LogP contribution in [0.3, 0.4) is 0 Å². The third-order valence-electron chi connectivity index (χ3n) is 6.34. The molecule has 3 aromatic heterocycles. The summed E-state index contributed by atoms with van der Waals surface area (Å²) in [5, 5.41) is 6.65. The van der Waals surface area contributed by atoms with E-state index >= 15 is 0 Å². The summed E-state index contributed by atoms with van der Waals surface area (Å²) in [6.45, 7) is 0. The lowest BCUT2D eigenvalue weighted by Crippen LogP contribution is -2.34.